The highest BCUT2D eigenvalue weighted by Crippen LogP contribution is 2.23. The first-order valence-corrected chi connectivity index (χ1v) is 9.33. The molecule has 0 unspecified atom stereocenters. The van der Waals surface area contributed by atoms with Crippen LogP contribution in [0.1, 0.15) is 10.4 Å². The van der Waals surface area contributed by atoms with E-state index in [1.807, 2.05) is 34.3 Å². The number of aromatic nitrogens is 2. The Kier molecular flexibility index (Phi) is 4.86. The van der Waals surface area contributed by atoms with Crippen molar-refractivity contribution in [2.45, 2.75) is 0 Å². The van der Waals surface area contributed by atoms with E-state index in [4.69, 9.17) is 0 Å². The van der Waals surface area contributed by atoms with Crippen LogP contribution < -0.4 is 10.6 Å². The first kappa shape index (κ1) is 17.9. The third kappa shape index (κ3) is 3.91. The predicted molar refractivity (Wildman–Crippen MR) is 106 cm³/mol. The molecule has 0 aliphatic carbocycles. The van der Waals surface area contributed by atoms with E-state index in [2.05, 4.69) is 15.6 Å². The van der Waals surface area contributed by atoms with E-state index in [-0.39, 0.29) is 18.0 Å². The molecule has 2 aromatic carbocycles. The Hall–Kier alpha value is -3.52. The molecule has 140 valence electrons. The molecule has 2 aromatic heterocycles. The molecule has 0 radical (unpaired) electrons. The number of rotatable bonds is 5. The number of carbonyl (C=O) groups is 2. The minimum atomic E-state index is -0.509. The minimum Gasteiger partial charge on any atom is -0.343 e. The molecule has 2 heterocycles. The van der Waals surface area contributed by atoms with Gasteiger partial charge in [-0.3, -0.25) is 14.0 Å². The summed E-state index contributed by atoms with van der Waals surface area (Å²) in [4.78, 5) is 29.4. The van der Waals surface area contributed by atoms with Gasteiger partial charge in [-0.15, -0.1) is 11.3 Å². The standard InChI is InChI=1S/C20H15FN4O2S/c21-15-3-1-2-14(10-15)19(27)22-11-18(26)23-16-6-4-13(5-7-16)17-12-25-8-9-28-20(25)24-17/h1-10,12H,11H2,(H,22,27)(H,23,26). The van der Waals surface area contributed by atoms with Gasteiger partial charge in [-0.25, -0.2) is 9.37 Å². The first-order valence-electron chi connectivity index (χ1n) is 8.45. The largest absolute Gasteiger partial charge is 0.343 e. The average molecular weight is 394 g/mol. The summed E-state index contributed by atoms with van der Waals surface area (Å²) in [6.45, 7) is -0.214. The van der Waals surface area contributed by atoms with Crippen molar-refractivity contribution in [3.8, 4) is 11.3 Å². The van der Waals surface area contributed by atoms with E-state index >= 15 is 0 Å². The summed E-state index contributed by atoms with van der Waals surface area (Å²) in [7, 11) is 0. The van der Waals surface area contributed by atoms with Crippen molar-refractivity contribution in [1.82, 2.24) is 14.7 Å². The van der Waals surface area contributed by atoms with E-state index in [0.29, 0.717) is 5.69 Å². The van der Waals surface area contributed by atoms with Crippen LogP contribution in [-0.4, -0.2) is 27.7 Å². The number of fused-ring (bicyclic) bond motifs is 1. The predicted octanol–water partition coefficient (Wildman–Crippen LogP) is 3.57. The normalized spacial score (nSPS) is 10.8. The maximum atomic E-state index is 13.1. The van der Waals surface area contributed by atoms with E-state index in [9.17, 15) is 14.0 Å². The van der Waals surface area contributed by atoms with Gasteiger partial charge in [-0.2, -0.15) is 0 Å². The molecule has 4 rings (SSSR count). The van der Waals surface area contributed by atoms with Gasteiger partial charge in [0.15, 0.2) is 4.96 Å². The highest BCUT2D eigenvalue weighted by atomic mass is 32.1. The fourth-order valence-electron chi connectivity index (χ4n) is 2.69. The summed E-state index contributed by atoms with van der Waals surface area (Å²) >= 11 is 1.56. The van der Waals surface area contributed by atoms with Gasteiger partial charge in [0.05, 0.1) is 12.2 Å². The van der Waals surface area contributed by atoms with Crippen LogP contribution in [0.2, 0.25) is 0 Å². The van der Waals surface area contributed by atoms with Gasteiger partial charge in [-0.05, 0) is 30.3 Å². The van der Waals surface area contributed by atoms with Gasteiger partial charge in [0, 0.05) is 34.6 Å². The maximum Gasteiger partial charge on any atom is 0.251 e. The SMILES string of the molecule is O=C(CNC(=O)c1cccc(F)c1)Nc1ccc(-c2cn3ccsc3n2)cc1. The number of amides is 2. The number of hydrogen-bond acceptors (Lipinski definition) is 4. The van der Waals surface area contributed by atoms with Crippen LogP contribution in [0, 0.1) is 5.82 Å². The summed E-state index contributed by atoms with van der Waals surface area (Å²) < 4.78 is 15.1. The van der Waals surface area contributed by atoms with Crippen molar-refractivity contribution in [2.75, 3.05) is 11.9 Å². The number of nitrogens with zero attached hydrogens (tertiary/aromatic N) is 2. The summed E-state index contributed by atoms with van der Waals surface area (Å²) in [5, 5.41) is 7.15. The fourth-order valence-corrected chi connectivity index (χ4v) is 3.39. The van der Waals surface area contributed by atoms with Crippen molar-refractivity contribution in [3.05, 3.63) is 77.7 Å². The third-order valence-corrected chi connectivity index (χ3v) is 4.82. The lowest BCUT2D eigenvalue weighted by Gasteiger charge is -2.08. The lowest BCUT2D eigenvalue weighted by Crippen LogP contribution is -2.32. The second-order valence-corrected chi connectivity index (χ2v) is 6.91. The second kappa shape index (κ2) is 7.61. The van der Waals surface area contributed by atoms with E-state index in [0.717, 1.165) is 22.3 Å². The van der Waals surface area contributed by atoms with Gasteiger partial charge in [0.2, 0.25) is 5.91 Å². The molecular weight excluding hydrogens is 379 g/mol. The summed E-state index contributed by atoms with van der Waals surface area (Å²) in [6.07, 6.45) is 3.89. The van der Waals surface area contributed by atoms with E-state index in [1.165, 1.54) is 18.2 Å². The van der Waals surface area contributed by atoms with Crippen molar-refractivity contribution in [1.29, 1.82) is 0 Å². The molecule has 0 saturated carbocycles. The molecule has 8 heteroatoms. The van der Waals surface area contributed by atoms with Crippen molar-refractivity contribution < 1.29 is 14.0 Å². The number of imidazole rings is 1. The molecule has 0 saturated heterocycles. The Labute approximate surface area is 163 Å². The lowest BCUT2D eigenvalue weighted by molar-refractivity contribution is -0.115. The Morgan fingerprint density at radius 3 is 2.71 bits per heavy atom. The summed E-state index contributed by atoms with van der Waals surface area (Å²) in [5.74, 6) is -1.39. The quantitative estimate of drug-likeness (QED) is 0.543. The number of anilines is 1. The van der Waals surface area contributed by atoms with E-state index in [1.54, 1.807) is 23.5 Å². The molecule has 0 aliphatic rings. The van der Waals surface area contributed by atoms with Crippen LogP contribution in [0.15, 0.2) is 66.3 Å². The van der Waals surface area contributed by atoms with Crippen LogP contribution in [0.3, 0.4) is 0 Å². The highest BCUT2D eigenvalue weighted by molar-refractivity contribution is 7.15. The zero-order valence-electron chi connectivity index (χ0n) is 14.6. The number of hydrogen-bond donors (Lipinski definition) is 2. The molecule has 0 bridgehead atoms. The Balaban J connectivity index is 1.34. The fraction of sp³-hybridized carbons (Fsp3) is 0.0500. The van der Waals surface area contributed by atoms with Crippen LogP contribution in [-0.2, 0) is 4.79 Å². The second-order valence-electron chi connectivity index (χ2n) is 6.04. The molecule has 6 nitrogen and oxygen atoms in total. The Bertz CT molecular complexity index is 1120. The zero-order chi connectivity index (χ0) is 19.5. The zero-order valence-corrected chi connectivity index (χ0v) is 15.4. The lowest BCUT2D eigenvalue weighted by atomic mass is 10.1. The number of carbonyl (C=O) groups excluding carboxylic acids is 2. The number of benzene rings is 2. The van der Waals surface area contributed by atoms with Crippen LogP contribution in [0.25, 0.3) is 16.2 Å². The molecule has 0 fully saturated rings. The Morgan fingerprint density at radius 1 is 1.14 bits per heavy atom. The molecule has 0 atom stereocenters. The summed E-state index contributed by atoms with van der Waals surface area (Å²) in [5.41, 5.74) is 2.56. The molecule has 2 amide bonds. The van der Waals surface area contributed by atoms with E-state index < -0.39 is 11.7 Å². The van der Waals surface area contributed by atoms with Gasteiger partial charge in [0.25, 0.3) is 5.91 Å². The highest BCUT2D eigenvalue weighted by Gasteiger charge is 2.10. The van der Waals surface area contributed by atoms with Crippen molar-refractivity contribution in [3.63, 3.8) is 0 Å². The first-order chi connectivity index (χ1) is 13.6. The molecular formula is C20H15FN4O2S. The summed E-state index contributed by atoms with van der Waals surface area (Å²) in [6, 6.07) is 12.6. The van der Waals surface area contributed by atoms with Crippen molar-refractivity contribution in [2.24, 2.45) is 0 Å². The maximum absolute atomic E-state index is 13.1. The monoisotopic (exact) mass is 394 g/mol. The number of halogens is 1. The average Bonchev–Trinajstić information content (AvgIpc) is 3.29. The van der Waals surface area contributed by atoms with Crippen molar-refractivity contribution >= 4 is 33.8 Å². The van der Waals surface area contributed by atoms with Crippen LogP contribution in [0.5, 0.6) is 0 Å². The number of thiazole rings is 1. The van der Waals surface area contributed by atoms with Gasteiger partial charge in [0.1, 0.15) is 5.82 Å². The van der Waals surface area contributed by atoms with Gasteiger partial charge in [-0.1, -0.05) is 18.2 Å². The van der Waals surface area contributed by atoms with Crippen LogP contribution >= 0.6 is 11.3 Å². The Morgan fingerprint density at radius 2 is 1.96 bits per heavy atom. The molecule has 0 spiro atoms. The van der Waals surface area contributed by atoms with Crippen LogP contribution in [0.4, 0.5) is 10.1 Å². The third-order valence-electron chi connectivity index (χ3n) is 4.05. The smallest absolute Gasteiger partial charge is 0.251 e. The molecule has 0 aliphatic heterocycles. The van der Waals surface area contributed by atoms with Gasteiger partial charge < -0.3 is 10.6 Å². The topological polar surface area (TPSA) is 75.5 Å². The molecule has 4 aromatic rings. The van der Waals surface area contributed by atoms with Gasteiger partial charge >= 0.3 is 0 Å². The molecule has 2 N–H and O–H groups in total. The number of nitrogens with one attached hydrogen (secondary N) is 2. The molecule has 28 heavy (non-hydrogen) atoms. The minimum absolute atomic E-state index is 0.164.